The Hall–Kier alpha value is -0.320. The molecule has 0 aromatic heterocycles. The SMILES string of the molecule is O=C(Nc1ccc(Br)cc1F)C(Cl)Cl. The van der Waals surface area contributed by atoms with Gasteiger partial charge in [-0.15, -0.1) is 0 Å². The van der Waals surface area contributed by atoms with E-state index in [1.807, 2.05) is 0 Å². The van der Waals surface area contributed by atoms with E-state index in [0.29, 0.717) is 4.47 Å². The Kier molecular flexibility index (Phi) is 4.16. The van der Waals surface area contributed by atoms with E-state index in [-0.39, 0.29) is 5.69 Å². The first kappa shape index (κ1) is 11.8. The number of nitrogens with one attached hydrogen (secondary N) is 1. The Morgan fingerprint density at radius 2 is 2.14 bits per heavy atom. The Bertz CT molecular complexity index is 359. The van der Waals surface area contributed by atoms with Crippen molar-refractivity contribution in [2.75, 3.05) is 5.32 Å². The number of hydrogen-bond acceptors (Lipinski definition) is 1. The quantitative estimate of drug-likeness (QED) is 0.834. The summed E-state index contributed by atoms with van der Waals surface area (Å²) in [6.45, 7) is 0. The van der Waals surface area contributed by atoms with Crippen LogP contribution in [0.25, 0.3) is 0 Å². The zero-order valence-corrected chi connectivity index (χ0v) is 9.83. The van der Waals surface area contributed by atoms with Gasteiger partial charge in [-0.1, -0.05) is 39.1 Å². The van der Waals surface area contributed by atoms with Gasteiger partial charge in [-0.3, -0.25) is 4.79 Å². The van der Waals surface area contributed by atoms with Crippen LogP contribution in [0, 0.1) is 5.82 Å². The highest BCUT2D eigenvalue weighted by Gasteiger charge is 2.13. The first-order valence-electron chi connectivity index (χ1n) is 3.55. The van der Waals surface area contributed by atoms with Crippen molar-refractivity contribution in [3.63, 3.8) is 0 Å². The molecule has 0 fully saturated rings. The minimum Gasteiger partial charge on any atom is -0.321 e. The Labute approximate surface area is 98.5 Å². The fourth-order valence-corrected chi connectivity index (χ4v) is 1.22. The predicted molar refractivity (Wildman–Crippen MR) is 58.2 cm³/mol. The molecule has 0 spiro atoms. The summed E-state index contributed by atoms with van der Waals surface area (Å²) < 4.78 is 13.7. The van der Waals surface area contributed by atoms with Gasteiger partial charge in [0.25, 0.3) is 5.91 Å². The van der Waals surface area contributed by atoms with Crippen molar-refractivity contribution in [2.24, 2.45) is 0 Å². The number of halogens is 4. The van der Waals surface area contributed by atoms with Gasteiger partial charge in [0.15, 0.2) is 4.84 Å². The molecule has 0 heterocycles. The lowest BCUT2D eigenvalue weighted by molar-refractivity contribution is -0.114. The summed E-state index contributed by atoms with van der Waals surface area (Å²) in [4.78, 5) is 9.79. The molecule has 1 rings (SSSR count). The van der Waals surface area contributed by atoms with Crippen LogP contribution >= 0.6 is 39.1 Å². The lowest BCUT2D eigenvalue weighted by Crippen LogP contribution is -2.19. The third-order valence-electron chi connectivity index (χ3n) is 1.39. The van der Waals surface area contributed by atoms with Crippen LogP contribution in [0.15, 0.2) is 22.7 Å². The average molecular weight is 301 g/mol. The highest BCUT2D eigenvalue weighted by Crippen LogP contribution is 2.20. The van der Waals surface area contributed by atoms with Gasteiger partial charge in [-0.05, 0) is 18.2 Å². The minimum absolute atomic E-state index is 0.0458. The molecule has 1 N–H and O–H groups in total. The summed E-state index contributed by atoms with van der Waals surface area (Å²) in [6, 6.07) is 4.23. The van der Waals surface area contributed by atoms with Crippen LogP contribution in [-0.2, 0) is 4.79 Å². The van der Waals surface area contributed by atoms with Crippen molar-refractivity contribution >= 4 is 50.7 Å². The van der Waals surface area contributed by atoms with Crippen molar-refractivity contribution in [2.45, 2.75) is 4.84 Å². The van der Waals surface area contributed by atoms with Crippen LogP contribution in [0.1, 0.15) is 0 Å². The smallest absolute Gasteiger partial charge is 0.257 e. The molecule has 0 aliphatic rings. The monoisotopic (exact) mass is 299 g/mol. The van der Waals surface area contributed by atoms with Gasteiger partial charge in [-0.2, -0.15) is 0 Å². The van der Waals surface area contributed by atoms with Crippen molar-refractivity contribution < 1.29 is 9.18 Å². The van der Waals surface area contributed by atoms with E-state index in [4.69, 9.17) is 23.2 Å². The molecule has 1 aromatic rings. The number of carbonyl (C=O) groups excluding carboxylic acids is 1. The highest BCUT2D eigenvalue weighted by atomic mass is 79.9. The van der Waals surface area contributed by atoms with E-state index in [2.05, 4.69) is 21.2 Å². The molecule has 0 saturated carbocycles. The van der Waals surface area contributed by atoms with Crippen molar-refractivity contribution in [3.8, 4) is 0 Å². The first-order valence-corrected chi connectivity index (χ1v) is 5.21. The summed E-state index contributed by atoms with van der Waals surface area (Å²) in [6.07, 6.45) is 0. The maximum atomic E-state index is 13.1. The van der Waals surface area contributed by atoms with E-state index in [1.165, 1.54) is 12.1 Å². The molecule has 1 amide bonds. The lowest BCUT2D eigenvalue weighted by Gasteiger charge is -2.06. The van der Waals surface area contributed by atoms with Gasteiger partial charge in [-0.25, -0.2) is 4.39 Å². The van der Waals surface area contributed by atoms with Crippen LogP contribution in [0.4, 0.5) is 10.1 Å². The predicted octanol–water partition coefficient (Wildman–Crippen LogP) is 3.33. The number of rotatable bonds is 2. The second-order valence-electron chi connectivity index (χ2n) is 2.41. The minimum atomic E-state index is -1.21. The van der Waals surface area contributed by atoms with Crippen molar-refractivity contribution in [1.82, 2.24) is 0 Å². The molecule has 0 saturated heterocycles. The van der Waals surface area contributed by atoms with Gasteiger partial charge < -0.3 is 5.32 Å². The van der Waals surface area contributed by atoms with Gasteiger partial charge in [0.1, 0.15) is 5.82 Å². The van der Waals surface area contributed by atoms with E-state index in [0.717, 1.165) is 0 Å². The molecule has 6 heteroatoms. The van der Waals surface area contributed by atoms with E-state index < -0.39 is 16.6 Å². The summed E-state index contributed by atoms with van der Waals surface area (Å²) in [5.41, 5.74) is 0.0458. The molecule has 0 bridgehead atoms. The van der Waals surface area contributed by atoms with Gasteiger partial charge in [0.2, 0.25) is 0 Å². The molecule has 0 aliphatic heterocycles. The number of carbonyl (C=O) groups is 1. The largest absolute Gasteiger partial charge is 0.321 e. The number of alkyl halides is 2. The second kappa shape index (κ2) is 4.96. The first-order chi connectivity index (χ1) is 6.50. The van der Waals surface area contributed by atoms with Gasteiger partial charge in [0, 0.05) is 4.47 Å². The molecule has 0 aliphatic carbocycles. The van der Waals surface area contributed by atoms with Crippen LogP contribution < -0.4 is 5.32 Å². The Balaban J connectivity index is 2.82. The van der Waals surface area contributed by atoms with E-state index >= 15 is 0 Å². The molecule has 0 atom stereocenters. The Morgan fingerprint density at radius 1 is 1.50 bits per heavy atom. The van der Waals surface area contributed by atoms with Gasteiger partial charge in [0.05, 0.1) is 5.69 Å². The highest BCUT2D eigenvalue weighted by molar-refractivity contribution is 9.10. The van der Waals surface area contributed by atoms with Crippen molar-refractivity contribution in [1.29, 1.82) is 0 Å². The normalized spacial score (nSPS) is 10.4. The third kappa shape index (κ3) is 3.12. The maximum Gasteiger partial charge on any atom is 0.257 e. The summed E-state index contributed by atoms with van der Waals surface area (Å²) in [7, 11) is 0. The number of benzene rings is 1. The maximum absolute atomic E-state index is 13.1. The average Bonchev–Trinajstić information content (AvgIpc) is 2.09. The van der Waals surface area contributed by atoms with Crippen LogP contribution in [0.2, 0.25) is 0 Å². The molecular formula is C8H5BrCl2FNO. The van der Waals surface area contributed by atoms with E-state index in [9.17, 15) is 9.18 Å². The van der Waals surface area contributed by atoms with Crippen LogP contribution in [0.5, 0.6) is 0 Å². The molecule has 0 unspecified atom stereocenters. The molecule has 0 radical (unpaired) electrons. The fourth-order valence-electron chi connectivity index (χ4n) is 0.778. The molecule has 76 valence electrons. The summed E-state index contributed by atoms with van der Waals surface area (Å²) in [5.74, 6) is -1.21. The number of anilines is 1. The summed E-state index contributed by atoms with van der Waals surface area (Å²) in [5, 5.41) is 2.24. The molecule has 14 heavy (non-hydrogen) atoms. The zero-order chi connectivity index (χ0) is 10.7. The fraction of sp³-hybridized carbons (Fsp3) is 0.125. The van der Waals surface area contributed by atoms with Crippen molar-refractivity contribution in [3.05, 3.63) is 28.5 Å². The second-order valence-corrected chi connectivity index (χ2v) is 4.43. The van der Waals surface area contributed by atoms with E-state index in [1.54, 1.807) is 6.07 Å². The van der Waals surface area contributed by atoms with Crippen LogP contribution in [-0.4, -0.2) is 10.7 Å². The molecule has 1 aromatic carbocycles. The lowest BCUT2D eigenvalue weighted by atomic mass is 10.3. The topological polar surface area (TPSA) is 29.1 Å². The Morgan fingerprint density at radius 3 is 2.64 bits per heavy atom. The summed E-state index contributed by atoms with van der Waals surface area (Å²) >= 11 is 13.7. The number of amides is 1. The molecular weight excluding hydrogens is 296 g/mol. The molecule has 2 nitrogen and oxygen atoms in total. The third-order valence-corrected chi connectivity index (χ3v) is 2.28. The standard InChI is InChI=1S/C8H5BrCl2FNO/c9-4-1-2-6(5(12)3-4)13-8(14)7(10)11/h1-3,7H,(H,13,14). The number of hydrogen-bond donors (Lipinski definition) is 1. The zero-order valence-electron chi connectivity index (χ0n) is 6.73. The van der Waals surface area contributed by atoms with Crippen LogP contribution in [0.3, 0.4) is 0 Å². The van der Waals surface area contributed by atoms with Gasteiger partial charge >= 0.3 is 0 Å².